The van der Waals surface area contributed by atoms with E-state index in [9.17, 15) is 4.79 Å². The van der Waals surface area contributed by atoms with Crippen LogP contribution in [-0.4, -0.2) is 20.0 Å². The van der Waals surface area contributed by atoms with Crippen LogP contribution in [0.4, 0.5) is 11.4 Å². The summed E-state index contributed by atoms with van der Waals surface area (Å²) in [6.45, 7) is 3.87. The minimum Gasteiger partial charge on any atom is -0.398 e. The molecule has 0 aliphatic heterocycles. The Morgan fingerprint density at radius 3 is 2.20 bits per heavy atom. The Kier molecular flexibility index (Phi) is 2.88. The lowest BCUT2D eigenvalue weighted by Crippen LogP contribution is -2.18. The summed E-state index contributed by atoms with van der Waals surface area (Å²) in [5.41, 5.74) is 14.9. The minimum absolute atomic E-state index is 0.391. The van der Waals surface area contributed by atoms with Crippen molar-refractivity contribution in [1.82, 2.24) is 0 Å². The fraction of sp³-hybridized carbons (Fsp3) is 0.364. The maximum absolute atomic E-state index is 11.2. The molecule has 0 unspecified atom stereocenters. The maximum Gasteiger partial charge on any atom is 0.250 e. The van der Waals surface area contributed by atoms with Gasteiger partial charge in [-0.1, -0.05) is 0 Å². The lowest BCUT2D eigenvalue weighted by molar-refractivity contribution is 0.100. The summed E-state index contributed by atoms with van der Waals surface area (Å²) in [6, 6.07) is 1.74. The van der Waals surface area contributed by atoms with Crippen molar-refractivity contribution in [3.63, 3.8) is 0 Å². The van der Waals surface area contributed by atoms with Gasteiger partial charge < -0.3 is 16.4 Å². The number of primary amides is 1. The summed E-state index contributed by atoms with van der Waals surface area (Å²) >= 11 is 0. The summed E-state index contributed by atoms with van der Waals surface area (Å²) in [7, 11) is 3.84. The standard InChI is InChI=1S/C11H17N3O/c1-6-7(2)10(12)8(11(13)15)5-9(6)14(3)4/h5H,12H2,1-4H3,(H2,13,15). The summed E-state index contributed by atoms with van der Waals surface area (Å²) in [6.07, 6.45) is 0. The molecule has 1 aromatic carbocycles. The second kappa shape index (κ2) is 3.81. The number of nitrogens with zero attached hydrogens (tertiary/aromatic N) is 1. The first-order chi connectivity index (χ1) is 6.86. The highest BCUT2D eigenvalue weighted by molar-refractivity contribution is 6.00. The van der Waals surface area contributed by atoms with E-state index in [2.05, 4.69) is 0 Å². The molecule has 0 aliphatic carbocycles. The predicted molar refractivity (Wildman–Crippen MR) is 63.2 cm³/mol. The van der Waals surface area contributed by atoms with Gasteiger partial charge in [-0.25, -0.2) is 0 Å². The van der Waals surface area contributed by atoms with Gasteiger partial charge in [0.2, 0.25) is 0 Å². The molecular weight excluding hydrogens is 190 g/mol. The molecule has 82 valence electrons. The number of benzene rings is 1. The van der Waals surface area contributed by atoms with Gasteiger partial charge in [-0.05, 0) is 31.0 Å². The zero-order valence-electron chi connectivity index (χ0n) is 9.59. The Hall–Kier alpha value is -1.71. The third kappa shape index (κ3) is 1.88. The van der Waals surface area contributed by atoms with Crippen molar-refractivity contribution in [2.75, 3.05) is 24.7 Å². The molecule has 0 bridgehead atoms. The molecule has 1 rings (SSSR count). The topological polar surface area (TPSA) is 72.3 Å². The van der Waals surface area contributed by atoms with Crippen molar-refractivity contribution in [3.8, 4) is 0 Å². The van der Waals surface area contributed by atoms with E-state index in [0.717, 1.165) is 16.8 Å². The van der Waals surface area contributed by atoms with Crippen molar-refractivity contribution in [2.24, 2.45) is 5.73 Å². The zero-order valence-corrected chi connectivity index (χ0v) is 9.59. The SMILES string of the molecule is Cc1c(N(C)C)cc(C(N)=O)c(N)c1C. The number of rotatable bonds is 2. The number of carbonyl (C=O) groups excluding carboxylic acids is 1. The Labute approximate surface area is 89.9 Å². The van der Waals surface area contributed by atoms with Gasteiger partial charge in [-0.15, -0.1) is 0 Å². The van der Waals surface area contributed by atoms with Gasteiger partial charge in [-0.3, -0.25) is 4.79 Å². The largest absolute Gasteiger partial charge is 0.398 e. The number of nitrogen functional groups attached to an aromatic ring is 1. The molecule has 0 radical (unpaired) electrons. The van der Waals surface area contributed by atoms with Crippen molar-refractivity contribution in [2.45, 2.75) is 13.8 Å². The normalized spacial score (nSPS) is 10.1. The van der Waals surface area contributed by atoms with Gasteiger partial charge in [0, 0.05) is 25.5 Å². The molecule has 0 spiro atoms. The van der Waals surface area contributed by atoms with Crippen LogP contribution < -0.4 is 16.4 Å². The van der Waals surface area contributed by atoms with Crippen LogP contribution in [0.3, 0.4) is 0 Å². The van der Waals surface area contributed by atoms with Crippen LogP contribution >= 0.6 is 0 Å². The van der Waals surface area contributed by atoms with Crippen LogP contribution in [0.5, 0.6) is 0 Å². The van der Waals surface area contributed by atoms with Crippen LogP contribution in [0.1, 0.15) is 21.5 Å². The Morgan fingerprint density at radius 2 is 1.80 bits per heavy atom. The lowest BCUT2D eigenvalue weighted by atomic mass is 10.00. The second-order valence-corrected chi connectivity index (χ2v) is 3.87. The summed E-state index contributed by atoms with van der Waals surface area (Å²) in [5, 5.41) is 0. The van der Waals surface area contributed by atoms with Gasteiger partial charge in [0.15, 0.2) is 0 Å². The predicted octanol–water partition coefficient (Wildman–Crippen LogP) is 1.05. The van der Waals surface area contributed by atoms with Crippen LogP contribution in [-0.2, 0) is 0 Å². The fourth-order valence-corrected chi connectivity index (χ4v) is 1.59. The Morgan fingerprint density at radius 1 is 1.27 bits per heavy atom. The first kappa shape index (κ1) is 11.4. The third-order valence-electron chi connectivity index (χ3n) is 2.67. The number of amides is 1. The van der Waals surface area contributed by atoms with Crippen molar-refractivity contribution < 1.29 is 4.79 Å². The fourth-order valence-electron chi connectivity index (χ4n) is 1.59. The van der Waals surface area contributed by atoms with E-state index in [0.29, 0.717) is 11.3 Å². The van der Waals surface area contributed by atoms with E-state index in [1.807, 2.05) is 32.8 Å². The van der Waals surface area contributed by atoms with Gasteiger partial charge in [0.05, 0.1) is 5.56 Å². The molecule has 0 aromatic heterocycles. The Bertz CT molecular complexity index is 411. The van der Waals surface area contributed by atoms with Crippen LogP contribution in [0.25, 0.3) is 0 Å². The first-order valence-corrected chi connectivity index (χ1v) is 4.73. The van der Waals surface area contributed by atoms with Crippen molar-refractivity contribution in [1.29, 1.82) is 0 Å². The number of nitrogens with two attached hydrogens (primary N) is 2. The summed E-state index contributed by atoms with van der Waals surface area (Å²) in [5.74, 6) is -0.487. The minimum atomic E-state index is -0.487. The first-order valence-electron chi connectivity index (χ1n) is 4.73. The molecule has 0 fully saturated rings. The van der Waals surface area contributed by atoms with Gasteiger partial charge >= 0.3 is 0 Å². The quantitative estimate of drug-likeness (QED) is 0.712. The number of anilines is 2. The van der Waals surface area contributed by atoms with Crippen molar-refractivity contribution in [3.05, 3.63) is 22.8 Å². The van der Waals surface area contributed by atoms with E-state index in [-0.39, 0.29) is 0 Å². The van der Waals surface area contributed by atoms with Gasteiger partial charge in [-0.2, -0.15) is 0 Å². The molecule has 1 aromatic rings. The number of hydrogen-bond donors (Lipinski definition) is 2. The molecule has 0 atom stereocenters. The highest BCUT2D eigenvalue weighted by Gasteiger charge is 2.14. The lowest BCUT2D eigenvalue weighted by Gasteiger charge is -2.20. The van der Waals surface area contributed by atoms with E-state index >= 15 is 0 Å². The Balaban J connectivity index is 3.52. The smallest absolute Gasteiger partial charge is 0.250 e. The molecule has 4 heteroatoms. The van der Waals surface area contributed by atoms with Crippen molar-refractivity contribution >= 4 is 17.3 Å². The maximum atomic E-state index is 11.2. The third-order valence-corrected chi connectivity index (χ3v) is 2.67. The highest BCUT2D eigenvalue weighted by atomic mass is 16.1. The zero-order chi connectivity index (χ0) is 11.7. The van der Waals surface area contributed by atoms with Gasteiger partial charge in [0.25, 0.3) is 5.91 Å². The molecule has 4 N–H and O–H groups in total. The van der Waals surface area contributed by atoms with Crippen LogP contribution in [0.15, 0.2) is 6.07 Å². The van der Waals surface area contributed by atoms with Gasteiger partial charge in [0.1, 0.15) is 0 Å². The number of hydrogen-bond acceptors (Lipinski definition) is 3. The molecule has 15 heavy (non-hydrogen) atoms. The average Bonchev–Trinajstić information content (AvgIpc) is 2.13. The summed E-state index contributed by atoms with van der Waals surface area (Å²) < 4.78 is 0. The molecule has 0 saturated heterocycles. The van der Waals surface area contributed by atoms with Crippen LogP contribution in [0.2, 0.25) is 0 Å². The highest BCUT2D eigenvalue weighted by Crippen LogP contribution is 2.29. The van der Waals surface area contributed by atoms with Crippen LogP contribution in [0, 0.1) is 13.8 Å². The molecule has 0 heterocycles. The molecule has 4 nitrogen and oxygen atoms in total. The molecule has 0 saturated carbocycles. The van der Waals surface area contributed by atoms with E-state index in [4.69, 9.17) is 11.5 Å². The molecule has 0 aliphatic rings. The molecule has 1 amide bonds. The monoisotopic (exact) mass is 207 g/mol. The second-order valence-electron chi connectivity index (χ2n) is 3.87. The molecular formula is C11H17N3O. The number of carbonyl (C=O) groups is 1. The van der Waals surface area contributed by atoms with E-state index in [1.165, 1.54) is 0 Å². The van der Waals surface area contributed by atoms with E-state index < -0.39 is 5.91 Å². The van der Waals surface area contributed by atoms with E-state index in [1.54, 1.807) is 6.07 Å². The summed E-state index contributed by atoms with van der Waals surface area (Å²) in [4.78, 5) is 13.1. The average molecular weight is 207 g/mol.